The molecule has 2 heterocycles. The summed E-state index contributed by atoms with van der Waals surface area (Å²) in [6, 6.07) is 10.4. The highest BCUT2D eigenvalue weighted by molar-refractivity contribution is 7.13. The Morgan fingerprint density at radius 1 is 1.27 bits per heavy atom. The maximum atomic E-state index is 13.2. The molecule has 4 rings (SSSR count). The van der Waals surface area contributed by atoms with Gasteiger partial charge < -0.3 is 15.8 Å². The first-order valence-corrected chi connectivity index (χ1v) is 11.4. The zero-order valence-corrected chi connectivity index (χ0v) is 18.8. The third kappa shape index (κ3) is 5.26. The summed E-state index contributed by atoms with van der Waals surface area (Å²) in [5.41, 5.74) is 7.57. The molecule has 1 aliphatic heterocycles. The Morgan fingerprint density at radius 3 is 2.67 bits per heavy atom. The van der Waals surface area contributed by atoms with Gasteiger partial charge in [0.2, 0.25) is 0 Å². The van der Waals surface area contributed by atoms with E-state index in [1.807, 2.05) is 6.92 Å². The predicted octanol–water partition coefficient (Wildman–Crippen LogP) is 5.28. The van der Waals surface area contributed by atoms with Crippen molar-refractivity contribution in [1.82, 2.24) is 10.3 Å². The number of thiazole rings is 1. The number of rotatable bonds is 6. The average molecular weight is 476 g/mol. The van der Waals surface area contributed by atoms with Crippen molar-refractivity contribution in [3.8, 4) is 11.1 Å². The molecule has 3 aromatic rings. The number of carbonyl (C=O) groups excluding carboxylic acids is 1. The number of nitrogens with two attached hydrogens (primary N) is 1. The summed E-state index contributed by atoms with van der Waals surface area (Å²) in [6.45, 7) is 3.34. The van der Waals surface area contributed by atoms with Crippen LogP contribution in [0.25, 0.3) is 11.1 Å². The number of hydrogen-bond donors (Lipinski definition) is 2. The molecule has 1 aliphatic rings. The molecule has 1 aromatic heterocycles. The minimum atomic E-state index is -4.43. The van der Waals surface area contributed by atoms with E-state index >= 15 is 0 Å². The van der Waals surface area contributed by atoms with E-state index < -0.39 is 11.7 Å². The van der Waals surface area contributed by atoms with Crippen LogP contribution in [0.5, 0.6) is 0 Å². The number of alkyl halides is 3. The van der Waals surface area contributed by atoms with Crippen molar-refractivity contribution < 1.29 is 22.7 Å². The highest BCUT2D eigenvalue weighted by Gasteiger charge is 2.31. The van der Waals surface area contributed by atoms with Gasteiger partial charge in [-0.15, -0.1) is 11.3 Å². The van der Waals surface area contributed by atoms with Gasteiger partial charge in [0.1, 0.15) is 4.88 Å². The molecule has 2 aromatic carbocycles. The van der Waals surface area contributed by atoms with E-state index in [0.717, 1.165) is 29.1 Å². The third-order valence-corrected chi connectivity index (χ3v) is 6.91. The number of nitrogens with zero attached hydrogens (tertiary/aromatic N) is 1. The molecule has 2 atom stereocenters. The first-order chi connectivity index (χ1) is 15.8. The number of ether oxygens (including phenoxy) is 1. The first kappa shape index (κ1) is 23.4. The van der Waals surface area contributed by atoms with Gasteiger partial charge in [0, 0.05) is 19.1 Å². The highest BCUT2D eigenvalue weighted by Crippen LogP contribution is 2.34. The van der Waals surface area contributed by atoms with Crippen LogP contribution in [-0.2, 0) is 17.5 Å². The van der Waals surface area contributed by atoms with Crippen LogP contribution >= 0.6 is 11.3 Å². The summed E-state index contributed by atoms with van der Waals surface area (Å²) >= 11 is 1.38. The van der Waals surface area contributed by atoms with E-state index in [1.165, 1.54) is 17.4 Å². The van der Waals surface area contributed by atoms with Crippen LogP contribution in [-0.4, -0.2) is 24.1 Å². The van der Waals surface area contributed by atoms with Gasteiger partial charge in [-0.25, -0.2) is 4.98 Å². The lowest BCUT2D eigenvalue weighted by Gasteiger charge is -2.16. The van der Waals surface area contributed by atoms with Gasteiger partial charge in [0.25, 0.3) is 5.91 Å². The van der Waals surface area contributed by atoms with Crippen molar-refractivity contribution in [2.45, 2.75) is 38.0 Å². The van der Waals surface area contributed by atoms with E-state index in [0.29, 0.717) is 34.8 Å². The average Bonchev–Trinajstić information content (AvgIpc) is 3.50. The molecule has 0 bridgehead atoms. The topological polar surface area (TPSA) is 77.2 Å². The Morgan fingerprint density at radius 2 is 2.03 bits per heavy atom. The summed E-state index contributed by atoms with van der Waals surface area (Å²) < 4.78 is 44.9. The van der Waals surface area contributed by atoms with Gasteiger partial charge >= 0.3 is 6.18 Å². The van der Waals surface area contributed by atoms with E-state index in [9.17, 15) is 18.0 Å². The molecular weight excluding hydrogens is 451 g/mol. The maximum absolute atomic E-state index is 13.2. The van der Waals surface area contributed by atoms with Crippen molar-refractivity contribution in [3.05, 3.63) is 75.2 Å². The zero-order valence-electron chi connectivity index (χ0n) is 18.0. The van der Waals surface area contributed by atoms with Crippen molar-refractivity contribution in [1.29, 1.82) is 0 Å². The standard InChI is InChI=1S/C24H24F3N3O2S/c1-14(30-22(31)21-12-29-23(33-21)18-8-9-32-13-18)15-2-4-16(5-3-15)20-10-19(24(25,26)27)7-6-17(20)11-28/h2-7,10,12,14,18H,8-9,11,13,28H2,1H3,(H,30,31)/t14-,18?/m1/s1. The fourth-order valence-corrected chi connectivity index (χ4v) is 4.75. The fraction of sp³-hybridized carbons (Fsp3) is 0.333. The molecular formula is C24H24F3N3O2S. The molecule has 3 N–H and O–H groups in total. The summed E-state index contributed by atoms with van der Waals surface area (Å²) in [5, 5.41) is 3.87. The first-order valence-electron chi connectivity index (χ1n) is 10.6. The second-order valence-corrected chi connectivity index (χ2v) is 9.08. The zero-order chi connectivity index (χ0) is 23.6. The monoisotopic (exact) mass is 475 g/mol. The molecule has 0 saturated carbocycles. The van der Waals surface area contributed by atoms with E-state index in [-0.39, 0.29) is 24.4 Å². The van der Waals surface area contributed by atoms with E-state index in [4.69, 9.17) is 10.5 Å². The van der Waals surface area contributed by atoms with Crippen LogP contribution in [0.15, 0.2) is 48.7 Å². The van der Waals surface area contributed by atoms with Gasteiger partial charge in [0.05, 0.1) is 29.4 Å². The Kier molecular flexibility index (Phi) is 6.83. The minimum Gasteiger partial charge on any atom is -0.381 e. The molecule has 1 unspecified atom stereocenters. The Hall–Kier alpha value is -2.75. The van der Waals surface area contributed by atoms with Crippen LogP contribution in [0, 0.1) is 0 Å². The number of aromatic nitrogens is 1. The Balaban J connectivity index is 1.47. The smallest absolute Gasteiger partial charge is 0.381 e. The Labute approximate surface area is 193 Å². The van der Waals surface area contributed by atoms with E-state index in [2.05, 4.69) is 10.3 Å². The van der Waals surface area contributed by atoms with Crippen LogP contribution in [0.3, 0.4) is 0 Å². The van der Waals surface area contributed by atoms with Crippen molar-refractivity contribution in [3.63, 3.8) is 0 Å². The lowest BCUT2D eigenvalue weighted by atomic mass is 9.95. The molecule has 1 fully saturated rings. The molecule has 9 heteroatoms. The molecule has 5 nitrogen and oxygen atoms in total. The summed E-state index contributed by atoms with van der Waals surface area (Å²) in [4.78, 5) is 17.6. The van der Waals surface area contributed by atoms with Crippen LogP contribution in [0.2, 0.25) is 0 Å². The van der Waals surface area contributed by atoms with Gasteiger partial charge in [-0.1, -0.05) is 30.3 Å². The SMILES string of the molecule is C[C@@H](NC(=O)c1cnc(C2CCOC2)s1)c1ccc(-c2cc(C(F)(F)F)ccc2CN)cc1. The normalized spacial score (nSPS) is 17.2. The van der Waals surface area contributed by atoms with Crippen molar-refractivity contribution >= 4 is 17.2 Å². The van der Waals surface area contributed by atoms with Gasteiger partial charge in [-0.05, 0) is 47.7 Å². The minimum absolute atomic E-state index is 0.130. The number of amides is 1. The second kappa shape index (κ2) is 9.62. The van der Waals surface area contributed by atoms with Crippen molar-refractivity contribution in [2.24, 2.45) is 5.73 Å². The molecule has 174 valence electrons. The molecule has 0 aliphatic carbocycles. The van der Waals surface area contributed by atoms with Crippen molar-refractivity contribution in [2.75, 3.05) is 13.2 Å². The van der Waals surface area contributed by atoms with E-state index in [1.54, 1.807) is 30.5 Å². The largest absolute Gasteiger partial charge is 0.416 e. The number of benzene rings is 2. The third-order valence-electron chi connectivity index (χ3n) is 5.75. The van der Waals surface area contributed by atoms with Crippen LogP contribution in [0.4, 0.5) is 13.2 Å². The highest BCUT2D eigenvalue weighted by atomic mass is 32.1. The summed E-state index contributed by atoms with van der Waals surface area (Å²) in [5.74, 6) is 0.0355. The number of nitrogens with one attached hydrogen (secondary N) is 1. The molecule has 0 spiro atoms. The van der Waals surface area contributed by atoms with Gasteiger partial charge in [0.15, 0.2) is 0 Å². The predicted molar refractivity (Wildman–Crippen MR) is 121 cm³/mol. The van der Waals surface area contributed by atoms with Crippen LogP contribution < -0.4 is 11.1 Å². The van der Waals surface area contributed by atoms with Gasteiger partial charge in [-0.2, -0.15) is 13.2 Å². The lowest BCUT2D eigenvalue weighted by molar-refractivity contribution is -0.137. The summed E-state index contributed by atoms with van der Waals surface area (Å²) in [6.07, 6.45) is -1.93. The summed E-state index contributed by atoms with van der Waals surface area (Å²) in [7, 11) is 0. The quantitative estimate of drug-likeness (QED) is 0.508. The number of hydrogen-bond acceptors (Lipinski definition) is 5. The fourth-order valence-electron chi connectivity index (χ4n) is 3.81. The van der Waals surface area contributed by atoms with Gasteiger partial charge in [-0.3, -0.25) is 4.79 Å². The maximum Gasteiger partial charge on any atom is 0.416 e. The lowest BCUT2D eigenvalue weighted by Crippen LogP contribution is -2.25. The second-order valence-electron chi connectivity index (χ2n) is 8.01. The van der Waals surface area contributed by atoms with Crippen LogP contribution in [0.1, 0.15) is 56.7 Å². The molecule has 1 saturated heterocycles. The molecule has 33 heavy (non-hydrogen) atoms. The molecule has 1 amide bonds. The molecule has 0 radical (unpaired) electrons. The number of carbonyl (C=O) groups is 1. The number of halogens is 3. The Bertz CT molecular complexity index is 1120.